The number of hydrogen-bond donors (Lipinski definition) is 3. The van der Waals surface area contributed by atoms with E-state index in [-0.39, 0.29) is 24.0 Å². The Hall–Kier alpha value is -1.34. The van der Waals surface area contributed by atoms with E-state index in [4.69, 9.17) is 14.6 Å². The van der Waals surface area contributed by atoms with Crippen molar-refractivity contribution in [1.82, 2.24) is 10.6 Å². The van der Waals surface area contributed by atoms with Gasteiger partial charge in [-0.05, 0) is 11.8 Å². The fourth-order valence-corrected chi connectivity index (χ4v) is 2.22. The van der Waals surface area contributed by atoms with Crippen LogP contribution in [0.25, 0.3) is 0 Å². The van der Waals surface area contributed by atoms with E-state index >= 15 is 0 Å². The van der Waals surface area contributed by atoms with Gasteiger partial charge in [-0.2, -0.15) is 0 Å². The van der Waals surface area contributed by atoms with Crippen LogP contribution in [0.3, 0.4) is 0 Å². The van der Waals surface area contributed by atoms with Crippen LogP contribution in [-0.2, 0) is 14.3 Å². The van der Waals surface area contributed by atoms with Crippen molar-refractivity contribution in [2.75, 3.05) is 26.4 Å². The Morgan fingerprint density at radius 1 is 1.33 bits per heavy atom. The molecule has 7 heteroatoms. The Labute approximate surface area is 125 Å². The van der Waals surface area contributed by atoms with Crippen molar-refractivity contribution < 1.29 is 24.2 Å². The van der Waals surface area contributed by atoms with Crippen molar-refractivity contribution in [3.63, 3.8) is 0 Å². The zero-order chi connectivity index (χ0) is 15.9. The van der Waals surface area contributed by atoms with Crippen LogP contribution >= 0.6 is 0 Å². The highest BCUT2D eigenvalue weighted by molar-refractivity contribution is 5.75. The lowest BCUT2D eigenvalue weighted by Gasteiger charge is -2.27. The van der Waals surface area contributed by atoms with Gasteiger partial charge in [0.05, 0.1) is 32.3 Å². The van der Waals surface area contributed by atoms with Crippen molar-refractivity contribution in [1.29, 1.82) is 0 Å². The molecule has 1 fully saturated rings. The summed E-state index contributed by atoms with van der Waals surface area (Å²) >= 11 is 0. The van der Waals surface area contributed by atoms with Crippen LogP contribution in [0.4, 0.5) is 4.79 Å². The maximum Gasteiger partial charge on any atom is 0.315 e. The maximum atomic E-state index is 11.9. The molecule has 2 unspecified atom stereocenters. The Bertz CT molecular complexity index is 348. The minimum Gasteiger partial charge on any atom is -0.481 e. The number of urea groups is 1. The molecule has 1 aliphatic heterocycles. The molecule has 1 heterocycles. The number of amides is 2. The minimum atomic E-state index is -0.923. The number of carboxylic acids is 1. The lowest BCUT2D eigenvalue weighted by atomic mass is 9.87. The number of aliphatic carboxylic acids is 1. The van der Waals surface area contributed by atoms with Gasteiger partial charge in [-0.25, -0.2) is 4.79 Å². The molecule has 122 valence electrons. The molecule has 1 rings (SSSR count). The molecule has 21 heavy (non-hydrogen) atoms. The van der Waals surface area contributed by atoms with Crippen LogP contribution in [0, 0.1) is 5.41 Å². The summed E-state index contributed by atoms with van der Waals surface area (Å²) in [5, 5.41) is 14.3. The Kier molecular flexibility index (Phi) is 6.91. The second-order valence-electron chi connectivity index (χ2n) is 6.48. The highest BCUT2D eigenvalue weighted by atomic mass is 16.6. The van der Waals surface area contributed by atoms with Gasteiger partial charge >= 0.3 is 12.0 Å². The van der Waals surface area contributed by atoms with E-state index in [0.717, 1.165) is 0 Å². The van der Waals surface area contributed by atoms with Crippen molar-refractivity contribution in [2.45, 2.75) is 45.8 Å². The standard InChI is InChI=1S/C14H26N2O5/c1-14(2,3)7-10(6-12(17)18)16-13(19)15-8-11-9-20-4-5-21-11/h10-11H,4-9H2,1-3H3,(H,17,18)(H2,15,16,19). The third-order valence-electron chi connectivity index (χ3n) is 2.99. The Morgan fingerprint density at radius 3 is 2.57 bits per heavy atom. The molecule has 0 radical (unpaired) electrons. The number of ether oxygens (including phenoxy) is 2. The first kappa shape index (κ1) is 17.7. The van der Waals surface area contributed by atoms with Gasteiger partial charge in [-0.3, -0.25) is 4.79 Å². The van der Waals surface area contributed by atoms with Crippen LogP contribution in [0.5, 0.6) is 0 Å². The summed E-state index contributed by atoms with van der Waals surface area (Å²) < 4.78 is 10.7. The van der Waals surface area contributed by atoms with Crippen LogP contribution in [-0.4, -0.2) is 55.6 Å². The average molecular weight is 302 g/mol. The predicted molar refractivity (Wildman–Crippen MR) is 77.2 cm³/mol. The Morgan fingerprint density at radius 2 is 2.05 bits per heavy atom. The van der Waals surface area contributed by atoms with E-state index in [9.17, 15) is 9.59 Å². The summed E-state index contributed by atoms with van der Waals surface area (Å²) in [5.41, 5.74) is -0.0618. The van der Waals surface area contributed by atoms with Crippen molar-refractivity contribution in [3.05, 3.63) is 0 Å². The van der Waals surface area contributed by atoms with E-state index in [0.29, 0.717) is 32.8 Å². The van der Waals surface area contributed by atoms with Crippen LogP contribution in [0.2, 0.25) is 0 Å². The molecular formula is C14H26N2O5. The van der Waals surface area contributed by atoms with Gasteiger partial charge in [0.25, 0.3) is 0 Å². The van der Waals surface area contributed by atoms with Crippen LogP contribution < -0.4 is 10.6 Å². The number of carbonyl (C=O) groups excluding carboxylic acids is 1. The molecule has 0 saturated carbocycles. The summed E-state index contributed by atoms with van der Waals surface area (Å²) in [6.45, 7) is 7.94. The van der Waals surface area contributed by atoms with Gasteiger partial charge in [0, 0.05) is 12.6 Å². The second-order valence-corrected chi connectivity index (χ2v) is 6.48. The Balaban J connectivity index is 2.37. The molecule has 0 aliphatic carbocycles. The molecule has 0 spiro atoms. The minimum absolute atomic E-state index is 0.0618. The molecule has 2 amide bonds. The molecule has 3 N–H and O–H groups in total. The third kappa shape index (κ3) is 8.52. The number of carboxylic acid groups (broad SMARTS) is 1. The highest BCUT2D eigenvalue weighted by Gasteiger charge is 2.23. The summed E-state index contributed by atoms with van der Waals surface area (Å²) in [6, 6.07) is -0.773. The van der Waals surface area contributed by atoms with Crippen molar-refractivity contribution in [2.24, 2.45) is 5.41 Å². The highest BCUT2D eigenvalue weighted by Crippen LogP contribution is 2.22. The number of rotatable bonds is 6. The lowest BCUT2D eigenvalue weighted by molar-refractivity contribution is -0.137. The fourth-order valence-electron chi connectivity index (χ4n) is 2.22. The second kappa shape index (κ2) is 8.19. The summed E-state index contributed by atoms with van der Waals surface area (Å²) in [7, 11) is 0. The van der Waals surface area contributed by atoms with Crippen molar-refractivity contribution in [3.8, 4) is 0 Å². The smallest absolute Gasteiger partial charge is 0.315 e. The molecule has 0 bridgehead atoms. The third-order valence-corrected chi connectivity index (χ3v) is 2.99. The number of nitrogens with one attached hydrogen (secondary N) is 2. The first-order valence-corrected chi connectivity index (χ1v) is 7.22. The first-order chi connectivity index (χ1) is 9.76. The molecule has 0 aromatic heterocycles. The van der Waals surface area contributed by atoms with Gasteiger partial charge in [0.15, 0.2) is 0 Å². The van der Waals surface area contributed by atoms with E-state index in [2.05, 4.69) is 10.6 Å². The quantitative estimate of drug-likeness (QED) is 0.679. The van der Waals surface area contributed by atoms with E-state index in [1.54, 1.807) is 0 Å². The summed E-state index contributed by atoms with van der Waals surface area (Å²) in [6.07, 6.45) is 0.355. The van der Waals surface area contributed by atoms with Crippen LogP contribution in [0.1, 0.15) is 33.6 Å². The molecule has 7 nitrogen and oxygen atoms in total. The van der Waals surface area contributed by atoms with Gasteiger partial charge in [-0.15, -0.1) is 0 Å². The normalized spacial score (nSPS) is 20.6. The summed E-state index contributed by atoms with van der Waals surface area (Å²) in [5.74, 6) is -0.923. The first-order valence-electron chi connectivity index (χ1n) is 7.22. The zero-order valence-electron chi connectivity index (χ0n) is 13.0. The average Bonchev–Trinajstić information content (AvgIpc) is 2.34. The van der Waals surface area contributed by atoms with Gasteiger partial charge in [0.2, 0.25) is 0 Å². The molecule has 0 aromatic carbocycles. The molecule has 0 aromatic rings. The van der Waals surface area contributed by atoms with E-state index in [1.807, 2.05) is 20.8 Å². The number of hydrogen-bond acceptors (Lipinski definition) is 4. The lowest BCUT2D eigenvalue weighted by Crippen LogP contribution is -2.48. The molecule has 1 aliphatic rings. The van der Waals surface area contributed by atoms with Crippen molar-refractivity contribution >= 4 is 12.0 Å². The molecule has 1 saturated heterocycles. The summed E-state index contributed by atoms with van der Waals surface area (Å²) in [4.78, 5) is 22.7. The van der Waals surface area contributed by atoms with Crippen LogP contribution in [0.15, 0.2) is 0 Å². The molecule has 2 atom stereocenters. The molecular weight excluding hydrogens is 276 g/mol. The predicted octanol–water partition coefficient (Wildman–Crippen LogP) is 0.981. The topological polar surface area (TPSA) is 96.9 Å². The van der Waals surface area contributed by atoms with E-state index in [1.165, 1.54) is 0 Å². The zero-order valence-corrected chi connectivity index (χ0v) is 13.0. The largest absolute Gasteiger partial charge is 0.481 e. The fraction of sp³-hybridized carbons (Fsp3) is 0.857. The maximum absolute atomic E-state index is 11.9. The van der Waals surface area contributed by atoms with Gasteiger partial charge in [-0.1, -0.05) is 20.8 Å². The van der Waals surface area contributed by atoms with Gasteiger partial charge < -0.3 is 25.2 Å². The van der Waals surface area contributed by atoms with Gasteiger partial charge in [0.1, 0.15) is 0 Å². The van der Waals surface area contributed by atoms with E-state index < -0.39 is 12.0 Å². The number of carbonyl (C=O) groups is 2. The monoisotopic (exact) mass is 302 g/mol. The SMILES string of the molecule is CC(C)(C)CC(CC(=O)O)NC(=O)NCC1COCCO1.